The van der Waals surface area contributed by atoms with E-state index in [1.54, 1.807) is 12.1 Å². The van der Waals surface area contributed by atoms with Gasteiger partial charge in [-0.1, -0.05) is 17.7 Å². The predicted molar refractivity (Wildman–Crippen MR) is 89.4 cm³/mol. The van der Waals surface area contributed by atoms with Gasteiger partial charge in [-0.05, 0) is 58.5 Å². The molecule has 1 rings (SSSR count). The van der Waals surface area contributed by atoms with Crippen LogP contribution in [0, 0.1) is 6.92 Å². The zero-order valence-electron chi connectivity index (χ0n) is 14.7. The third-order valence-corrected chi connectivity index (χ3v) is 4.29. The summed E-state index contributed by atoms with van der Waals surface area (Å²) in [4.78, 5) is 14.0. The van der Waals surface area contributed by atoms with Crippen molar-refractivity contribution in [3.63, 3.8) is 0 Å². The van der Waals surface area contributed by atoms with Gasteiger partial charge < -0.3 is 14.8 Å². The molecule has 0 unspecified atom stereocenters. The van der Waals surface area contributed by atoms with E-state index in [2.05, 4.69) is 10.2 Å². The van der Waals surface area contributed by atoms with Crippen LogP contribution in [0.1, 0.15) is 35.2 Å². The summed E-state index contributed by atoms with van der Waals surface area (Å²) in [7, 11) is -2.16. The van der Waals surface area contributed by atoms with E-state index < -0.39 is 10.1 Å². The van der Waals surface area contributed by atoms with Crippen molar-refractivity contribution in [3.05, 3.63) is 35.4 Å². The van der Waals surface area contributed by atoms with Crippen LogP contribution in [-0.2, 0) is 10.1 Å². The zero-order chi connectivity index (χ0) is 17.3. The maximum absolute atomic E-state index is 11.9. The number of hydrogen-bond donors (Lipinski definition) is 1. The van der Waals surface area contributed by atoms with Crippen LogP contribution in [0.3, 0.4) is 0 Å². The molecule has 0 aliphatic carbocycles. The summed E-state index contributed by atoms with van der Waals surface area (Å²) in [6.07, 6.45) is 1.88. The second kappa shape index (κ2) is 12.5. The molecular formula is C16H25KN2O4S. The largest absolute Gasteiger partial charge is 1.00 e. The molecule has 24 heavy (non-hydrogen) atoms. The van der Waals surface area contributed by atoms with Gasteiger partial charge in [0.2, 0.25) is 0 Å². The van der Waals surface area contributed by atoms with Crippen molar-refractivity contribution >= 4 is 16.0 Å². The van der Waals surface area contributed by atoms with E-state index in [4.69, 9.17) is 0 Å². The van der Waals surface area contributed by atoms with Crippen LogP contribution in [0.4, 0.5) is 0 Å². The number of amides is 1. The van der Waals surface area contributed by atoms with Gasteiger partial charge in [0.25, 0.3) is 5.91 Å². The molecule has 0 aliphatic rings. The molecule has 130 valence electrons. The number of nitrogens with one attached hydrogen (secondary N) is 1. The SMILES string of the molecule is Cc1ccc(C(=O)NCCCN(C)CCCCS(=O)(=O)[O-])cc1.[K+]. The van der Waals surface area contributed by atoms with E-state index >= 15 is 0 Å². The molecule has 0 fully saturated rings. The molecule has 0 aliphatic heterocycles. The third kappa shape index (κ3) is 11.7. The quantitative estimate of drug-likeness (QED) is 0.299. The van der Waals surface area contributed by atoms with E-state index in [0.29, 0.717) is 24.9 Å². The molecule has 0 bridgehead atoms. The first-order valence-corrected chi connectivity index (χ1v) is 9.32. The van der Waals surface area contributed by atoms with Gasteiger partial charge in [0.05, 0.1) is 10.1 Å². The molecule has 1 amide bonds. The third-order valence-electron chi connectivity index (χ3n) is 3.50. The number of aryl methyl sites for hydroxylation is 1. The summed E-state index contributed by atoms with van der Waals surface area (Å²) >= 11 is 0. The minimum absolute atomic E-state index is 0. The molecule has 0 radical (unpaired) electrons. The van der Waals surface area contributed by atoms with Crippen LogP contribution in [-0.4, -0.2) is 56.2 Å². The average molecular weight is 381 g/mol. The summed E-state index contributed by atoms with van der Waals surface area (Å²) in [6, 6.07) is 7.43. The molecule has 1 N–H and O–H groups in total. The molecule has 0 atom stereocenters. The predicted octanol–water partition coefficient (Wildman–Crippen LogP) is -1.62. The fourth-order valence-electron chi connectivity index (χ4n) is 2.13. The van der Waals surface area contributed by atoms with Crippen LogP contribution < -0.4 is 56.7 Å². The van der Waals surface area contributed by atoms with Crippen LogP contribution in [0.5, 0.6) is 0 Å². The van der Waals surface area contributed by atoms with Crippen LogP contribution >= 0.6 is 0 Å². The fourth-order valence-corrected chi connectivity index (χ4v) is 2.69. The first-order chi connectivity index (χ1) is 10.8. The summed E-state index contributed by atoms with van der Waals surface area (Å²) in [5.41, 5.74) is 1.77. The van der Waals surface area contributed by atoms with Crippen LogP contribution in [0.2, 0.25) is 0 Å². The number of rotatable bonds is 10. The molecule has 1 aromatic carbocycles. The number of carbonyl (C=O) groups is 1. The molecular weight excluding hydrogens is 355 g/mol. The summed E-state index contributed by atoms with van der Waals surface area (Å²) in [5, 5.41) is 2.87. The minimum Gasteiger partial charge on any atom is -0.748 e. The van der Waals surface area contributed by atoms with Crippen LogP contribution in [0.15, 0.2) is 24.3 Å². The van der Waals surface area contributed by atoms with E-state index in [9.17, 15) is 17.8 Å². The van der Waals surface area contributed by atoms with Crippen molar-refractivity contribution in [2.24, 2.45) is 0 Å². The van der Waals surface area contributed by atoms with E-state index in [-0.39, 0.29) is 63.0 Å². The normalized spacial score (nSPS) is 11.2. The standard InChI is InChI=1S/C16H26N2O4S.K/c1-14-6-8-15(9-7-14)16(19)17-10-5-12-18(2)11-3-4-13-23(20,21)22;/h6-9H,3-5,10-13H2,1-2H3,(H,17,19)(H,20,21,22);/q;+1/p-1. The fraction of sp³-hybridized carbons (Fsp3) is 0.562. The van der Waals surface area contributed by atoms with Gasteiger partial charge in [-0.15, -0.1) is 0 Å². The molecule has 8 heteroatoms. The van der Waals surface area contributed by atoms with Gasteiger partial charge in [0.15, 0.2) is 0 Å². The number of nitrogens with zero attached hydrogens (tertiary/aromatic N) is 1. The second-order valence-corrected chi connectivity index (χ2v) is 7.27. The topological polar surface area (TPSA) is 89.5 Å². The maximum atomic E-state index is 11.9. The summed E-state index contributed by atoms with van der Waals surface area (Å²) in [6.45, 7) is 4.11. The van der Waals surface area contributed by atoms with E-state index in [0.717, 1.165) is 25.1 Å². The molecule has 0 saturated carbocycles. The molecule has 0 spiro atoms. The van der Waals surface area contributed by atoms with Crippen molar-refractivity contribution in [2.75, 3.05) is 32.4 Å². The zero-order valence-corrected chi connectivity index (χ0v) is 18.7. The van der Waals surface area contributed by atoms with Crippen molar-refractivity contribution in [1.29, 1.82) is 0 Å². The number of unbranched alkanes of at least 4 members (excludes halogenated alkanes) is 1. The summed E-state index contributed by atoms with van der Waals surface area (Å²) in [5.74, 6) is -0.374. The van der Waals surface area contributed by atoms with Crippen LogP contribution in [0.25, 0.3) is 0 Å². The Bertz CT molecular complexity index is 591. The Labute approximate surface area is 187 Å². The van der Waals surface area contributed by atoms with E-state index in [1.165, 1.54) is 0 Å². The Morgan fingerprint density at radius 2 is 1.71 bits per heavy atom. The monoisotopic (exact) mass is 380 g/mol. The van der Waals surface area contributed by atoms with Gasteiger partial charge >= 0.3 is 51.4 Å². The molecule has 0 aromatic heterocycles. The van der Waals surface area contributed by atoms with Crippen molar-refractivity contribution in [2.45, 2.75) is 26.2 Å². The maximum Gasteiger partial charge on any atom is 1.00 e. The van der Waals surface area contributed by atoms with Gasteiger partial charge in [-0.2, -0.15) is 0 Å². The molecule has 0 saturated heterocycles. The second-order valence-electron chi connectivity index (χ2n) is 5.75. The average Bonchev–Trinajstić information content (AvgIpc) is 2.47. The van der Waals surface area contributed by atoms with Crippen molar-refractivity contribution in [3.8, 4) is 0 Å². The number of carbonyl (C=O) groups excluding carboxylic acids is 1. The first-order valence-electron chi connectivity index (χ1n) is 7.75. The Morgan fingerprint density at radius 1 is 1.12 bits per heavy atom. The number of hydrogen-bond acceptors (Lipinski definition) is 5. The molecule has 1 aromatic rings. The smallest absolute Gasteiger partial charge is 0.748 e. The minimum atomic E-state index is -4.10. The van der Waals surface area contributed by atoms with Gasteiger partial charge in [-0.3, -0.25) is 4.79 Å². The first kappa shape index (κ1) is 24.2. The van der Waals surface area contributed by atoms with Crippen molar-refractivity contribution < 1.29 is 69.1 Å². The molecule has 0 heterocycles. The van der Waals surface area contributed by atoms with Gasteiger partial charge in [0.1, 0.15) is 0 Å². The Kier molecular flexibility index (Phi) is 12.6. The van der Waals surface area contributed by atoms with Gasteiger partial charge in [-0.25, -0.2) is 8.42 Å². The summed E-state index contributed by atoms with van der Waals surface area (Å²) < 4.78 is 31.4. The Hall–Kier alpha value is 0.196. The Balaban J connectivity index is 0.00000529. The van der Waals surface area contributed by atoms with Gasteiger partial charge in [0, 0.05) is 17.9 Å². The number of benzene rings is 1. The Morgan fingerprint density at radius 3 is 2.29 bits per heavy atom. The van der Waals surface area contributed by atoms with Crippen molar-refractivity contribution in [1.82, 2.24) is 10.2 Å². The molecule has 6 nitrogen and oxygen atoms in total. The van der Waals surface area contributed by atoms with E-state index in [1.807, 2.05) is 26.1 Å².